The number of fused-ring (bicyclic) bond motifs is 2. The van der Waals surface area contributed by atoms with Crippen LogP contribution in [0.15, 0.2) is 42.5 Å². The van der Waals surface area contributed by atoms with Crippen LogP contribution < -0.4 is 14.8 Å². The Morgan fingerprint density at radius 2 is 1.71 bits per heavy atom. The number of carboxylic acid groups (broad SMARTS) is 1. The molecule has 1 saturated carbocycles. The highest BCUT2D eigenvalue weighted by molar-refractivity contribution is 5.84. The van der Waals surface area contributed by atoms with Crippen LogP contribution in [0.2, 0.25) is 0 Å². The zero-order valence-electron chi connectivity index (χ0n) is 15.3. The van der Waals surface area contributed by atoms with Gasteiger partial charge in [-0.3, -0.25) is 9.59 Å². The molecule has 2 N–H and O–H groups in total. The van der Waals surface area contributed by atoms with E-state index in [4.69, 9.17) is 9.47 Å². The van der Waals surface area contributed by atoms with Gasteiger partial charge in [0.25, 0.3) is 0 Å². The lowest BCUT2D eigenvalue weighted by molar-refractivity contribution is -0.139. The van der Waals surface area contributed by atoms with Crippen LogP contribution in [-0.2, 0) is 9.59 Å². The first kappa shape index (κ1) is 17.1. The van der Waals surface area contributed by atoms with Gasteiger partial charge in [-0.1, -0.05) is 30.3 Å². The number of carbonyl (C=O) groups is 2. The number of hydrogen-bond donors (Lipinski definition) is 2. The van der Waals surface area contributed by atoms with Crippen LogP contribution in [0.4, 0.5) is 0 Å². The standard InChI is InChI=1S/C22H21NO5/c24-21(23-18-11-17(22(25)26)13-3-1-2-4-14(13)18)16-10-15(16)12-5-6-19-20(9-12)28-8-7-27-19/h1-6,9,15-18H,7-8,10-11H2,(H,23,24)(H,25,26). The highest BCUT2D eigenvalue weighted by Crippen LogP contribution is 2.50. The molecule has 6 heteroatoms. The predicted octanol–water partition coefficient (Wildman–Crippen LogP) is 2.99. The molecule has 1 aliphatic heterocycles. The molecule has 2 aromatic rings. The molecule has 6 nitrogen and oxygen atoms in total. The molecule has 2 aliphatic carbocycles. The molecular formula is C22H21NO5. The van der Waals surface area contributed by atoms with Gasteiger partial charge in [-0.15, -0.1) is 0 Å². The second-order valence-corrected chi connectivity index (χ2v) is 7.67. The maximum absolute atomic E-state index is 12.8. The van der Waals surface area contributed by atoms with Crippen LogP contribution in [0.5, 0.6) is 11.5 Å². The van der Waals surface area contributed by atoms with Crippen molar-refractivity contribution in [1.82, 2.24) is 5.32 Å². The molecule has 0 spiro atoms. The van der Waals surface area contributed by atoms with Crippen molar-refractivity contribution in [3.63, 3.8) is 0 Å². The highest BCUT2D eigenvalue weighted by atomic mass is 16.6. The van der Waals surface area contributed by atoms with Crippen LogP contribution in [-0.4, -0.2) is 30.2 Å². The molecule has 4 unspecified atom stereocenters. The van der Waals surface area contributed by atoms with E-state index in [1.807, 2.05) is 42.5 Å². The van der Waals surface area contributed by atoms with E-state index < -0.39 is 11.9 Å². The summed E-state index contributed by atoms with van der Waals surface area (Å²) in [4.78, 5) is 24.4. The van der Waals surface area contributed by atoms with E-state index in [-0.39, 0.29) is 23.8 Å². The Hall–Kier alpha value is -3.02. The van der Waals surface area contributed by atoms with E-state index in [2.05, 4.69) is 5.32 Å². The lowest BCUT2D eigenvalue weighted by Crippen LogP contribution is -2.29. The number of rotatable bonds is 4. The minimum Gasteiger partial charge on any atom is -0.486 e. The van der Waals surface area contributed by atoms with E-state index in [0.717, 1.165) is 34.6 Å². The quantitative estimate of drug-likeness (QED) is 0.853. The van der Waals surface area contributed by atoms with E-state index >= 15 is 0 Å². The Kier molecular flexibility index (Phi) is 4.00. The topological polar surface area (TPSA) is 84.9 Å². The third-order valence-electron chi connectivity index (χ3n) is 5.95. The van der Waals surface area contributed by atoms with Crippen molar-refractivity contribution in [1.29, 1.82) is 0 Å². The number of aliphatic carboxylic acids is 1. The number of amides is 1. The van der Waals surface area contributed by atoms with Gasteiger partial charge < -0.3 is 19.9 Å². The molecule has 28 heavy (non-hydrogen) atoms. The third kappa shape index (κ3) is 2.89. The minimum absolute atomic E-state index is 0.00858. The van der Waals surface area contributed by atoms with Crippen molar-refractivity contribution in [2.75, 3.05) is 13.2 Å². The third-order valence-corrected chi connectivity index (χ3v) is 5.95. The van der Waals surface area contributed by atoms with E-state index in [0.29, 0.717) is 19.6 Å². The summed E-state index contributed by atoms with van der Waals surface area (Å²) < 4.78 is 11.2. The predicted molar refractivity (Wildman–Crippen MR) is 101 cm³/mol. The largest absolute Gasteiger partial charge is 0.486 e. The molecule has 0 aromatic heterocycles. The average Bonchev–Trinajstić information content (AvgIpc) is 3.44. The van der Waals surface area contributed by atoms with Crippen LogP contribution in [0.25, 0.3) is 0 Å². The van der Waals surface area contributed by atoms with Crippen molar-refractivity contribution in [3.05, 3.63) is 59.2 Å². The smallest absolute Gasteiger partial charge is 0.311 e. The molecule has 0 radical (unpaired) electrons. The maximum atomic E-state index is 12.8. The molecule has 0 saturated heterocycles. The Morgan fingerprint density at radius 3 is 2.50 bits per heavy atom. The highest BCUT2D eigenvalue weighted by Gasteiger charge is 2.46. The number of hydrogen-bond acceptors (Lipinski definition) is 4. The summed E-state index contributed by atoms with van der Waals surface area (Å²) in [6.45, 7) is 1.10. The Labute approximate surface area is 162 Å². The maximum Gasteiger partial charge on any atom is 0.311 e. The summed E-state index contributed by atoms with van der Waals surface area (Å²) in [7, 11) is 0. The van der Waals surface area contributed by atoms with Crippen LogP contribution >= 0.6 is 0 Å². The van der Waals surface area contributed by atoms with Crippen LogP contribution in [0.3, 0.4) is 0 Å². The summed E-state index contributed by atoms with van der Waals surface area (Å²) >= 11 is 0. The first-order chi connectivity index (χ1) is 13.6. The zero-order valence-corrected chi connectivity index (χ0v) is 15.3. The van der Waals surface area contributed by atoms with Gasteiger partial charge in [-0.05, 0) is 47.6 Å². The van der Waals surface area contributed by atoms with Gasteiger partial charge >= 0.3 is 5.97 Å². The summed E-state index contributed by atoms with van der Waals surface area (Å²) in [6.07, 6.45) is 1.20. The number of carbonyl (C=O) groups excluding carboxylic acids is 1. The molecule has 5 rings (SSSR count). The molecule has 1 heterocycles. The summed E-state index contributed by atoms with van der Waals surface area (Å²) in [6, 6.07) is 13.1. The molecule has 0 bridgehead atoms. The van der Waals surface area contributed by atoms with E-state index in [1.165, 1.54) is 0 Å². The first-order valence-corrected chi connectivity index (χ1v) is 9.63. The van der Waals surface area contributed by atoms with Crippen LogP contribution in [0.1, 0.15) is 47.4 Å². The number of benzene rings is 2. The number of carboxylic acids is 1. The monoisotopic (exact) mass is 379 g/mol. The second-order valence-electron chi connectivity index (χ2n) is 7.67. The Balaban J connectivity index is 1.28. The molecule has 4 atom stereocenters. The number of nitrogens with one attached hydrogen (secondary N) is 1. The second kappa shape index (κ2) is 6.55. The fraction of sp³-hybridized carbons (Fsp3) is 0.364. The average molecular weight is 379 g/mol. The Bertz CT molecular complexity index is 956. The van der Waals surface area contributed by atoms with E-state index in [1.54, 1.807) is 0 Å². The van der Waals surface area contributed by atoms with Crippen molar-refractivity contribution >= 4 is 11.9 Å². The molecular weight excluding hydrogens is 358 g/mol. The molecule has 2 aromatic carbocycles. The van der Waals surface area contributed by atoms with Gasteiger partial charge in [0.1, 0.15) is 13.2 Å². The molecule has 3 aliphatic rings. The summed E-state index contributed by atoms with van der Waals surface area (Å²) in [5, 5.41) is 12.6. The van der Waals surface area contributed by atoms with Gasteiger partial charge in [-0.25, -0.2) is 0 Å². The van der Waals surface area contributed by atoms with Crippen molar-refractivity contribution in [3.8, 4) is 11.5 Å². The first-order valence-electron chi connectivity index (χ1n) is 9.63. The lowest BCUT2D eigenvalue weighted by Gasteiger charge is -2.19. The van der Waals surface area contributed by atoms with Crippen molar-refractivity contribution in [2.24, 2.45) is 5.92 Å². The SMILES string of the molecule is O=C(O)C1CC(NC(=O)C2CC2c2ccc3c(c2)OCCO3)c2ccccc21. The Morgan fingerprint density at radius 1 is 0.964 bits per heavy atom. The van der Waals surface area contributed by atoms with Gasteiger partial charge in [0.05, 0.1) is 12.0 Å². The van der Waals surface area contributed by atoms with Gasteiger partial charge in [0, 0.05) is 5.92 Å². The van der Waals surface area contributed by atoms with Gasteiger partial charge in [0.2, 0.25) is 5.91 Å². The molecule has 144 valence electrons. The van der Waals surface area contributed by atoms with Crippen molar-refractivity contribution in [2.45, 2.75) is 30.7 Å². The summed E-state index contributed by atoms with van der Waals surface area (Å²) in [5.74, 6) is 0.161. The lowest BCUT2D eigenvalue weighted by atomic mass is 10.0. The normalized spacial score (nSPS) is 27.0. The molecule has 1 fully saturated rings. The van der Waals surface area contributed by atoms with Crippen LogP contribution in [0, 0.1) is 5.92 Å². The number of ether oxygens (including phenoxy) is 2. The summed E-state index contributed by atoms with van der Waals surface area (Å²) in [5.41, 5.74) is 2.80. The van der Waals surface area contributed by atoms with E-state index in [9.17, 15) is 14.7 Å². The minimum atomic E-state index is -0.843. The van der Waals surface area contributed by atoms with Gasteiger partial charge in [0.15, 0.2) is 11.5 Å². The zero-order chi connectivity index (χ0) is 19.3. The molecule has 1 amide bonds. The fourth-order valence-electron chi connectivity index (χ4n) is 4.43. The van der Waals surface area contributed by atoms with Crippen molar-refractivity contribution < 1.29 is 24.2 Å². The fourth-order valence-corrected chi connectivity index (χ4v) is 4.43. The van der Waals surface area contributed by atoms with Gasteiger partial charge in [-0.2, -0.15) is 0 Å².